The molecule has 0 saturated carbocycles. The van der Waals surface area contributed by atoms with Gasteiger partial charge in [0.1, 0.15) is 11.6 Å². The van der Waals surface area contributed by atoms with Crippen molar-refractivity contribution in [3.63, 3.8) is 0 Å². The van der Waals surface area contributed by atoms with E-state index in [0.29, 0.717) is 0 Å². The largest absolute Gasteiger partial charge is 0.292 e. The topological polar surface area (TPSA) is 35.6 Å². The minimum atomic E-state index is -0.623. The van der Waals surface area contributed by atoms with E-state index in [1.54, 1.807) is 0 Å². The Morgan fingerprint density at radius 2 is 0.737 bits per heavy atom. The summed E-state index contributed by atoms with van der Waals surface area (Å²) in [6.07, 6.45) is 0. The van der Waals surface area contributed by atoms with Gasteiger partial charge in [-0.05, 0) is 129 Å². The highest BCUT2D eigenvalue weighted by Crippen LogP contribution is 2.64. The molecule has 2 heterocycles. The van der Waals surface area contributed by atoms with Crippen molar-refractivity contribution in [3.05, 3.63) is 213 Å². The Labute approximate surface area is 346 Å². The first kappa shape index (κ1) is 32.9. The molecule has 2 aliphatic rings. The average Bonchev–Trinajstić information content (AvgIpc) is 3.99. The van der Waals surface area contributed by atoms with Gasteiger partial charge in [-0.15, -0.1) is 0 Å². The molecule has 0 bridgehead atoms. The van der Waals surface area contributed by atoms with Crippen LogP contribution in [0.3, 0.4) is 0 Å². The Balaban J connectivity index is 1.17. The predicted molar refractivity (Wildman–Crippen MR) is 238 cm³/mol. The van der Waals surface area contributed by atoms with Crippen molar-refractivity contribution in [2.45, 2.75) is 5.41 Å². The average molecular weight is 859 g/mol. The predicted octanol–water partition coefficient (Wildman–Crippen LogP) is 13.6. The summed E-state index contributed by atoms with van der Waals surface area (Å²) in [6.45, 7) is 0. The Kier molecular flexibility index (Phi) is 7.11. The number of para-hydroxylation sites is 6. The van der Waals surface area contributed by atoms with Crippen molar-refractivity contribution >= 4 is 53.9 Å². The smallest absolute Gasteiger partial charge is 0.145 e. The van der Waals surface area contributed by atoms with E-state index in [4.69, 9.17) is 9.97 Å². The fraction of sp³-hybridized carbons (Fsp3) is 0.0196. The summed E-state index contributed by atoms with van der Waals surface area (Å²) >= 11 is 7.82. The second-order valence-corrected chi connectivity index (χ2v) is 16.7. The second kappa shape index (κ2) is 12.3. The van der Waals surface area contributed by atoms with Gasteiger partial charge in [0.2, 0.25) is 0 Å². The zero-order valence-electron chi connectivity index (χ0n) is 30.4. The molecule has 0 aliphatic heterocycles. The lowest BCUT2D eigenvalue weighted by Crippen LogP contribution is -2.26. The number of aromatic nitrogens is 4. The number of hydrogen-bond donors (Lipinski definition) is 0. The standard InChI is InChI=1S/C51H30Br2N4/c52-33-21-25-39-37-23-19-31(49-54-45-15-7-9-17-47(45)56(49)35-11-3-1-4-12-35)27-41(37)51(43(39)29-33)42-28-32(20-24-38(42)40-26-22-34(53)30-44(40)51)50-55-46-16-8-10-18-48(46)57(50)36-13-5-2-6-14-36/h1-30H. The lowest BCUT2D eigenvalue weighted by molar-refractivity contribution is 0.792. The van der Waals surface area contributed by atoms with Gasteiger partial charge < -0.3 is 0 Å². The highest BCUT2D eigenvalue weighted by molar-refractivity contribution is 9.10. The van der Waals surface area contributed by atoms with Crippen LogP contribution in [0.2, 0.25) is 0 Å². The third-order valence-electron chi connectivity index (χ3n) is 11.9. The van der Waals surface area contributed by atoms with Gasteiger partial charge in [0.15, 0.2) is 0 Å². The molecule has 268 valence electrons. The van der Waals surface area contributed by atoms with Crippen LogP contribution in [-0.4, -0.2) is 19.1 Å². The summed E-state index contributed by atoms with van der Waals surface area (Å²) in [6, 6.07) is 65.5. The highest BCUT2D eigenvalue weighted by atomic mass is 79.9. The highest BCUT2D eigenvalue weighted by Gasteiger charge is 2.52. The molecule has 0 amide bonds. The van der Waals surface area contributed by atoms with Gasteiger partial charge in [0.25, 0.3) is 0 Å². The number of hydrogen-bond acceptors (Lipinski definition) is 2. The third-order valence-corrected chi connectivity index (χ3v) is 12.9. The van der Waals surface area contributed by atoms with Crippen LogP contribution in [0, 0.1) is 0 Å². The van der Waals surface area contributed by atoms with Crippen LogP contribution in [0.15, 0.2) is 191 Å². The number of imidazole rings is 2. The van der Waals surface area contributed by atoms with Crippen molar-refractivity contribution < 1.29 is 0 Å². The molecule has 8 aromatic carbocycles. The zero-order valence-corrected chi connectivity index (χ0v) is 33.5. The molecule has 4 nitrogen and oxygen atoms in total. The summed E-state index contributed by atoms with van der Waals surface area (Å²) < 4.78 is 6.68. The number of rotatable bonds is 4. The third kappa shape index (κ3) is 4.66. The van der Waals surface area contributed by atoms with E-state index in [9.17, 15) is 0 Å². The monoisotopic (exact) mass is 856 g/mol. The molecular weight excluding hydrogens is 828 g/mol. The normalized spacial score (nSPS) is 13.2. The Hall–Kier alpha value is -6.34. The second-order valence-electron chi connectivity index (χ2n) is 14.8. The minimum absolute atomic E-state index is 0.623. The molecule has 10 aromatic rings. The van der Waals surface area contributed by atoms with Crippen LogP contribution in [-0.2, 0) is 5.41 Å². The van der Waals surface area contributed by atoms with E-state index in [0.717, 1.165) is 65.2 Å². The molecule has 0 radical (unpaired) electrons. The maximum absolute atomic E-state index is 5.32. The van der Waals surface area contributed by atoms with Gasteiger partial charge in [-0.1, -0.05) is 129 Å². The summed E-state index contributed by atoms with van der Waals surface area (Å²) in [5, 5.41) is 0. The number of halogens is 2. The number of benzene rings is 8. The quantitative estimate of drug-likeness (QED) is 0.177. The fourth-order valence-corrected chi connectivity index (χ4v) is 10.3. The lowest BCUT2D eigenvalue weighted by atomic mass is 9.70. The lowest BCUT2D eigenvalue weighted by Gasteiger charge is -2.31. The molecule has 0 atom stereocenters. The maximum Gasteiger partial charge on any atom is 0.145 e. The fourth-order valence-electron chi connectivity index (χ4n) is 9.57. The number of nitrogens with zero attached hydrogens (tertiary/aromatic N) is 4. The first-order valence-electron chi connectivity index (χ1n) is 19.0. The molecule has 2 aliphatic carbocycles. The minimum Gasteiger partial charge on any atom is -0.292 e. The molecule has 0 saturated heterocycles. The van der Waals surface area contributed by atoms with Gasteiger partial charge >= 0.3 is 0 Å². The Bertz CT molecular complexity index is 3050. The Morgan fingerprint density at radius 3 is 1.18 bits per heavy atom. The van der Waals surface area contributed by atoms with E-state index < -0.39 is 5.41 Å². The van der Waals surface area contributed by atoms with Crippen molar-refractivity contribution in [2.24, 2.45) is 0 Å². The first-order chi connectivity index (χ1) is 28.1. The molecule has 0 fully saturated rings. The van der Waals surface area contributed by atoms with E-state index in [1.807, 2.05) is 0 Å². The molecule has 1 spiro atoms. The van der Waals surface area contributed by atoms with Gasteiger partial charge in [0.05, 0.1) is 27.5 Å². The van der Waals surface area contributed by atoms with Crippen molar-refractivity contribution in [2.75, 3.05) is 0 Å². The molecule has 0 N–H and O–H groups in total. The molecule has 2 aromatic heterocycles. The van der Waals surface area contributed by atoms with Gasteiger partial charge in [-0.3, -0.25) is 9.13 Å². The summed E-state index contributed by atoms with van der Waals surface area (Å²) in [7, 11) is 0. The summed E-state index contributed by atoms with van der Waals surface area (Å²) in [5.74, 6) is 1.83. The van der Waals surface area contributed by atoms with E-state index in [2.05, 4.69) is 223 Å². The van der Waals surface area contributed by atoms with Crippen molar-refractivity contribution in [3.8, 4) is 56.4 Å². The van der Waals surface area contributed by atoms with Crippen LogP contribution in [0.4, 0.5) is 0 Å². The van der Waals surface area contributed by atoms with Crippen LogP contribution in [0.25, 0.3) is 78.5 Å². The van der Waals surface area contributed by atoms with Gasteiger partial charge in [0, 0.05) is 31.4 Å². The Morgan fingerprint density at radius 1 is 0.368 bits per heavy atom. The molecule has 0 unspecified atom stereocenters. The molecule has 57 heavy (non-hydrogen) atoms. The van der Waals surface area contributed by atoms with E-state index in [-0.39, 0.29) is 0 Å². The van der Waals surface area contributed by atoms with Crippen LogP contribution < -0.4 is 0 Å². The summed E-state index contributed by atoms with van der Waals surface area (Å²) in [4.78, 5) is 10.6. The van der Waals surface area contributed by atoms with Crippen LogP contribution in [0.5, 0.6) is 0 Å². The first-order valence-corrected chi connectivity index (χ1v) is 20.6. The van der Waals surface area contributed by atoms with Gasteiger partial charge in [-0.2, -0.15) is 0 Å². The van der Waals surface area contributed by atoms with E-state index >= 15 is 0 Å². The van der Waals surface area contributed by atoms with Crippen LogP contribution >= 0.6 is 31.9 Å². The van der Waals surface area contributed by atoms with E-state index in [1.165, 1.54) is 44.5 Å². The zero-order chi connectivity index (χ0) is 37.8. The van der Waals surface area contributed by atoms with Crippen molar-refractivity contribution in [1.82, 2.24) is 19.1 Å². The van der Waals surface area contributed by atoms with Crippen LogP contribution in [0.1, 0.15) is 22.3 Å². The SMILES string of the molecule is Brc1ccc2c(c1)C1(c3cc(Br)ccc3-c3ccc(-c4nc5ccccc5n4-c4ccccc4)cc31)c1cc(-c3nc4ccccc4n3-c3ccccc3)ccc1-2. The van der Waals surface area contributed by atoms with Crippen molar-refractivity contribution in [1.29, 1.82) is 0 Å². The summed E-state index contributed by atoms with van der Waals surface area (Å²) in [5.41, 5.74) is 17.7. The molecule has 12 rings (SSSR count). The number of fused-ring (bicyclic) bond motifs is 12. The van der Waals surface area contributed by atoms with Gasteiger partial charge in [-0.25, -0.2) is 9.97 Å². The maximum atomic E-state index is 5.32. The molecule has 6 heteroatoms. The molecular formula is C51H30Br2N4.